The molecule has 0 bridgehead atoms. The van der Waals surface area contributed by atoms with Crippen molar-refractivity contribution in [1.29, 1.82) is 0 Å². The van der Waals surface area contributed by atoms with Gasteiger partial charge in [0.25, 0.3) is 5.69 Å². The highest BCUT2D eigenvalue weighted by atomic mass is 16.6. The number of nitrogens with zero attached hydrogens (tertiary/aromatic N) is 1. The van der Waals surface area contributed by atoms with Crippen LogP contribution in [-0.2, 0) is 4.74 Å². The Morgan fingerprint density at radius 1 is 1.11 bits per heavy atom. The van der Waals surface area contributed by atoms with Gasteiger partial charge in [0.15, 0.2) is 0 Å². The van der Waals surface area contributed by atoms with E-state index < -0.39 is 4.92 Å². The molecule has 1 aromatic rings. The SMILES string of the molecule is CCCCCOCCOc1ccc([N+](=O)[O-])cc1. The van der Waals surface area contributed by atoms with Crippen molar-refractivity contribution in [3.63, 3.8) is 0 Å². The van der Waals surface area contributed by atoms with Crippen LogP contribution in [-0.4, -0.2) is 24.7 Å². The predicted molar refractivity (Wildman–Crippen MR) is 68.9 cm³/mol. The lowest BCUT2D eigenvalue weighted by atomic mass is 10.3. The van der Waals surface area contributed by atoms with Gasteiger partial charge in [-0.3, -0.25) is 10.1 Å². The summed E-state index contributed by atoms with van der Waals surface area (Å²) in [4.78, 5) is 10.0. The first-order valence-electron chi connectivity index (χ1n) is 6.19. The highest BCUT2D eigenvalue weighted by Gasteiger charge is 2.03. The Bertz CT molecular complexity index is 351. The largest absolute Gasteiger partial charge is 0.491 e. The predicted octanol–water partition coefficient (Wildman–Crippen LogP) is 3.18. The second-order valence-electron chi connectivity index (χ2n) is 3.92. The molecule has 0 aliphatic heterocycles. The summed E-state index contributed by atoms with van der Waals surface area (Å²) < 4.78 is 10.8. The molecule has 1 rings (SSSR count). The molecule has 0 amide bonds. The van der Waals surface area contributed by atoms with Crippen LogP contribution in [0, 0.1) is 10.1 Å². The normalized spacial score (nSPS) is 10.3. The fourth-order valence-electron chi connectivity index (χ4n) is 1.44. The van der Waals surface area contributed by atoms with Gasteiger partial charge >= 0.3 is 0 Å². The van der Waals surface area contributed by atoms with Crippen LogP contribution in [0.1, 0.15) is 26.2 Å². The van der Waals surface area contributed by atoms with Crippen molar-refractivity contribution >= 4 is 5.69 Å². The molecule has 0 aliphatic carbocycles. The van der Waals surface area contributed by atoms with Gasteiger partial charge in [-0.25, -0.2) is 0 Å². The van der Waals surface area contributed by atoms with Gasteiger partial charge in [-0.1, -0.05) is 19.8 Å². The number of benzene rings is 1. The van der Waals surface area contributed by atoms with Gasteiger partial charge in [0.05, 0.1) is 11.5 Å². The van der Waals surface area contributed by atoms with Crippen molar-refractivity contribution in [2.24, 2.45) is 0 Å². The molecule has 5 heteroatoms. The maximum absolute atomic E-state index is 10.4. The molecule has 0 fully saturated rings. The summed E-state index contributed by atoms with van der Waals surface area (Å²) in [6.45, 7) is 3.92. The Morgan fingerprint density at radius 2 is 1.83 bits per heavy atom. The van der Waals surface area contributed by atoms with Crippen molar-refractivity contribution in [2.45, 2.75) is 26.2 Å². The van der Waals surface area contributed by atoms with E-state index in [0.29, 0.717) is 19.0 Å². The van der Waals surface area contributed by atoms with E-state index in [1.165, 1.54) is 25.0 Å². The molecule has 0 saturated heterocycles. The number of unbranched alkanes of at least 4 members (excludes halogenated alkanes) is 2. The fraction of sp³-hybridized carbons (Fsp3) is 0.538. The summed E-state index contributed by atoms with van der Waals surface area (Å²) in [5.74, 6) is 0.623. The number of ether oxygens (including phenoxy) is 2. The van der Waals surface area contributed by atoms with Crippen LogP contribution in [0.2, 0.25) is 0 Å². The monoisotopic (exact) mass is 253 g/mol. The molecule has 1 aromatic carbocycles. The Kier molecular flexibility index (Phi) is 6.79. The lowest BCUT2D eigenvalue weighted by molar-refractivity contribution is -0.384. The minimum absolute atomic E-state index is 0.0677. The van der Waals surface area contributed by atoms with E-state index in [4.69, 9.17) is 9.47 Å². The van der Waals surface area contributed by atoms with Crippen LogP contribution >= 0.6 is 0 Å². The summed E-state index contributed by atoms with van der Waals surface area (Å²) in [6.07, 6.45) is 3.44. The van der Waals surface area contributed by atoms with E-state index >= 15 is 0 Å². The molecule has 0 heterocycles. The van der Waals surface area contributed by atoms with Crippen LogP contribution in [0.5, 0.6) is 5.75 Å². The maximum atomic E-state index is 10.4. The molecule has 0 atom stereocenters. The first kappa shape index (κ1) is 14.4. The van der Waals surface area contributed by atoms with E-state index in [1.807, 2.05) is 0 Å². The minimum Gasteiger partial charge on any atom is -0.491 e. The topological polar surface area (TPSA) is 61.6 Å². The molecule has 5 nitrogen and oxygen atoms in total. The number of hydrogen-bond donors (Lipinski definition) is 0. The Balaban J connectivity index is 2.14. The Morgan fingerprint density at radius 3 is 2.44 bits per heavy atom. The first-order valence-corrected chi connectivity index (χ1v) is 6.19. The third-order valence-corrected chi connectivity index (χ3v) is 2.44. The van der Waals surface area contributed by atoms with E-state index in [0.717, 1.165) is 13.0 Å². The van der Waals surface area contributed by atoms with Gasteiger partial charge in [0.1, 0.15) is 12.4 Å². The van der Waals surface area contributed by atoms with Gasteiger partial charge in [-0.2, -0.15) is 0 Å². The molecule has 0 aromatic heterocycles. The summed E-state index contributed by atoms with van der Waals surface area (Å²) in [5.41, 5.74) is 0.0677. The fourth-order valence-corrected chi connectivity index (χ4v) is 1.44. The van der Waals surface area contributed by atoms with Crippen LogP contribution in [0.25, 0.3) is 0 Å². The summed E-state index contributed by atoms with van der Waals surface area (Å²) in [5, 5.41) is 10.4. The van der Waals surface area contributed by atoms with Crippen LogP contribution in [0.4, 0.5) is 5.69 Å². The van der Waals surface area contributed by atoms with Crippen LogP contribution in [0.15, 0.2) is 24.3 Å². The van der Waals surface area contributed by atoms with Gasteiger partial charge in [-0.05, 0) is 18.6 Å². The molecular weight excluding hydrogens is 234 g/mol. The first-order chi connectivity index (χ1) is 8.74. The molecule has 0 N–H and O–H groups in total. The smallest absolute Gasteiger partial charge is 0.269 e. The van der Waals surface area contributed by atoms with E-state index in [2.05, 4.69) is 6.92 Å². The molecule has 0 radical (unpaired) electrons. The van der Waals surface area contributed by atoms with Gasteiger partial charge in [-0.15, -0.1) is 0 Å². The second-order valence-corrected chi connectivity index (χ2v) is 3.92. The average Bonchev–Trinajstić information content (AvgIpc) is 2.38. The number of hydrogen-bond acceptors (Lipinski definition) is 4. The van der Waals surface area contributed by atoms with E-state index in [1.54, 1.807) is 12.1 Å². The average molecular weight is 253 g/mol. The van der Waals surface area contributed by atoms with Crippen molar-refractivity contribution in [1.82, 2.24) is 0 Å². The van der Waals surface area contributed by atoms with Crippen molar-refractivity contribution in [3.8, 4) is 5.75 Å². The van der Waals surface area contributed by atoms with E-state index in [-0.39, 0.29) is 5.69 Å². The van der Waals surface area contributed by atoms with E-state index in [9.17, 15) is 10.1 Å². The Hall–Kier alpha value is -1.62. The van der Waals surface area contributed by atoms with Crippen LogP contribution in [0.3, 0.4) is 0 Å². The van der Waals surface area contributed by atoms with Crippen molar-refractivity contribution < 1.29 is 14.4 Å². The Labute approximate surface area is 107 Å². The number of rotatable bonds is 9. The van der Waals surface area contributed by atoms with Gasteiger partial charge in [0, 0.05) is 18.7 Å². The molecule has 18 heavy (non-hydrogen) atoms. The molecule has 100 valence electrons. The van der Waals surface area contributed by atoms with Gasteiger partial charge < -0.3 is 9.47 Å². The zero-order chi connectivity index (χ0) is 13.2. The van der Waals surface area contributed by atoms with Crippen molar-refractivity contribution in [3.05, 3.63) is 34.4 Å². The number of nitro groups is 1. The van der Waals surface area contributed by atoms with Crippen molar-refractivity contribution in [2.75, 3.05) is 19.8 Å². The zero-order valence-electron chi connectivity index (χ0n) is 10.6. The highest BCUT2D eigenvalue weighted by molar-refractivity contribution is 5.35. The summed E-state index contributed by atoms with van der Waals surface area (Å²) >= 11 is 0. The quantitative estimate of drug-likeness (QED) is 0.385. The zero-order valence-corrected chi connectivity index (χ0v) is 10.6. The molecule has 0 saturated carbocycles. The molecule has 0 unspecified atom stereocenters. The minimum atomic E-state index is -0.430. The third kappa shape index (κ3) is 5.63. The van der Waals surface area contributed by atoms with Gasteiger partial charge in [0.2, 0.25) is 0 Å². The second kappa shape index (κ2) is 8.47. The number of nitro benzene ring substituents is 1. The summed E-state index contributed by atoms with van der Waals surface area (Å²) in [6, 6.07) is 6.04. The third-order valence-electron chi connectivity index (χ3n) is 2.44. The molecule has 0 spiro atoms. The molecular formula is C13H19NO4. The lowest BCUT2D eigenvalue weighted by Gasteiger charge is -2.06. The lowest BCUT2D eigenvalue weighted by Crippen LogP contribution is -2.07. The summed E-state index contributed by atoms with van der Waals surface area (Å²) in [7, 11) is 0. The van der Waals surface area contributed by atoms with Crippen LogP contribution < -0.4 is 4.74 Å². The standard InChI is InChI=1S/C13H19NO4/c1-2-3-4-9-17-10-11-18-13-7-5-12(6-8-13)14(15)16/h5-8H,2-4,9-11H2,1H3. The molecule has 0 aliphatic rings. The number of non-ortho nitro benzene ring substituents is 1. The maximum Gasteiger partial charge on any atom is 0.269 e. The highest BCUT2D eigenvalue weighted by Crippen LogP contribution is 2.16.